The molecule has 0 amide bonds. The minimum absolute atomic E-state index is 0.239. The zero-order valence-electron chi connectivity index (χ0n) is 12.8. The maximum Gasteiger partial charge on any atom is 0.170 e. The minimum Gasteiger partial charge on any atom is -0.486 e. The van der Waals surface area contributed by atoms with E-state index in [1.54, 1.807) is 0 Å². The third kappa shape index (κ3) is 3.18. The van der Waals surface area contributed by atoms with Crippen molar-refractivity contribution in [1.82, 2.24) is 0 Å². The summed E-state index contributed by atoms with van der Waals surface area (Å²) in [6.07, 6.45) is 6.30. The number of halogens is 1. The highest BCUT2D eigenvalue weighted by atomic mass is 79.9. The second-order valence-corrected chi connectivity index (χ2v) is 8.03. The third-order valence-corrected chi connectivity index (χ3v) is 5.25. The van der Waals surface area contributed by atoms with Crippen molar-refractivity contribution < 1.29 is 9.53 Å². The Labute approximate surface area is 135 Å². The molecule has 1 spiro atoms. The molecule has 2 atom stereocenters. The highest BCUT2D eigenvalue weighted by Crippen LogP contribution is 2.45. The van der Waals surface area contributed by atoms with E-state index in [2.05, 4.69) is 29.8 Å². The first-order valence-corrected chi connectivity index (χ1v) is 8.78. The number of benzene rings is 1. The number of ketones is 1. The van der Waals surface area contributed by atoms with Crippen molar-refractivity contribution in [2.45, 2.75) is 58.0 Å². The summed E-state index contributed by atoms with van der Waals surface area (Å²) >= 11 is 3.43. The van der Waals surface area contributed by atoms with Crippen LogP contribution >= 0.6 is 15.9 Å². The summed E-state index contributed by atoms with van der Waals surface area (Å²) in [6.45, 7) is 4.56. The number of fused-ring (bicyclic) bond motifs is 1. The number of Topliss-reactive ketones (excluding diaryl/α,β-unsaturated/α-hetero) is 1. The van der Waals surface area contributed by atoms with Gasteiger partial charge in [-0.2, -0.15) is 0 Å². The van der Waals surface area contributed by atoms with Gasteiger partial charge in [-0.3, -0.25) is 4.79 Å². The monoisotopic (exact) mass is 350 g/mol. The van der Waals surface area contributed by atoms with Crippen molar-refractivity contribution in [2.24, 2.45) is 11.8 Å². The van der Waals surface area contributed by atoms with Crippen LogP contribution in [0.25, 0.3) is 0 Å². The molecule has 1 saturated carbocycles. The molecule has 2 nitrogen and oxygen atoms in total. The number of carbonyl (C=O) groups excluding carboxylic acids is 1. The van der Waals surface area contributed by atoms with Gasteiger partial charge in [0.15, 0.2) is 5.78 Å². The summed E-state index contributed by atoms with van der Waals surface area (Å²) in [5.41, 5.74) is 0.497. The van der Waals surface area contributed by atoms with Crippen molar-refractivity contribution >= 4 is 21.7 Å². The van der Waals surface area contributed by atoms with Crippen LogP contribution in [-0.2, 0) is 0 Å². The maximum atomic E-state index is 12.5. The first-order valence-electron chi connectivity index (χ1n) is 7.99. The Balaban J connectivity index is 1.83. The lowest BCUT2D eigenvalue weighted by Crippen LogP contribution is -2.46. The molecule has 0 saturated heterocycles. The van der Waals surface area contributed by atoms with E-state index in [0.717, 1.165) is 28.6 Å². The molecule has 1 aliphatic heterocycles. The molecule has 21 heavy (non-hydrogen) atoms. The van der Waals surface area contributed by atoms with E-state index in [-0.39, 0.29) is 11.4 Å². The average molecular weight is 351 g/mol. The summed E-state index contributed by atoms with van der Waals surface area (Å²) in [5, 5.41) is 0. The molecule has 3 rings (SSSR count). The van der Waals surface area contributed by atoms with Crippen molar-refractivity contribution in [1.29, 1.82) is 0 Å². The van der Waals surface area contributed by atoms with E-state index in [9.17, 15) is 4.79 Å². The van der Waals surface area contributed by atoms with Gasteiger partial charge in [0.25, 0.3) is 0 Å². The van der Waals surface area contributed by atoms with Gasteiger partial charge in [0, 0.05) is 4.47 Å². The third-order valence-electron chi connectivity index (χ3n) is 4.76. The molecule has 1 fully saturated rings. The SMILES string of the molecule is CC(C)CC1CCCC2(CC(=O)c3cc(Br)ccc3O2)C1. The zero-order valence-corrected chi connectivity index (χ0v) is 14.4. The molecule has 3 heteroatoms. The normalized spacial score (nSPS) is 28.6. The predicted octanol–water partition coefficient (Wildman–Crippen LogP) is 5.39. The van der Waals surface area contributed by atoms with E-state index >= 15 is 0 Å². The molecule has 0 aromatic heterocycles. The van der Waals surface area contributed by atoms with Crippen molar-refractivity contribution in [2.75, 3.05) is 0 Å². The Hall–Kier alpha value is -0.830. The van der Waals surface area contributed by atoms with Crippen LogP contribution in [0.15, 0.2) is 22.7 Å². The van der Waals surface area contributed by atoms with Gasteiger partial charge >= 0.3 is 0 Å². The summed E-state index contributed by atoms with van der Waals surface area (Å²) < 4.78 is 7.30. The highest BCUT2D eigenvalue weighted by Gasteiger charge is 2.44. The Morgan fingerprint density at radius 2 is 2.24 bits per heavy atom. The standard InChI is InChI=1S/C18H23BrO2/c1-12(2)8-13-4-3-7-18(10-13)11-16(20)15-9-14(19)5-6-17(15)21-18/h5-6,9,12-13H,3-4,7-8,10-11H2,1-2H3. The molecule has 2 aliphatic rings. The van der Waals surface area contributed by atoms with E-state index in [4.69, 9.17) is 4.74 Å². The van der Waals surface area contributed by atoms with E-state index in [0.29, 0.717) is 18.3 Å². The van der Waals surface area contributed by atoms with E-state index in [1.807, 2.05) is 18.2 Å². The lowest BCUT2D eigenvalue weighted by Gasteiger charge is -2.44. The number of ether oxygens (including phenoxy) is 1. The van der Waals surface area contributed by atoms with Crippen molar-refractivity contribution in [3.05, 3.63) is 28.2 Å². The maximum absolute atomic E-state index is 12.5. The Morgan fingerprint density at radius 3 is 3.00 bits per heavy atom. The highest BCUT2D eigenvalue weighted by molar-refractivity contribution is 9.10. The fourth-order valence-corrected chi connectivity index (χ4v) is 4.39. The zero-order chi connectivity index (χ0) is 15.0. The van der Waals surface area contributed by atoms with Gasteiger partial charge in [0.1, 0.15) is 11.4 Å². The molecule has 1 aliphatic carbocycles. The molecule has 2 unspecified atom stereocenters. The summed E-state index contributed by atoms with van der Waals surface area (Å²) in [6, 6.07) is 5.78. The predicted molar refractivity (Wildman–Crippen MR) is 87.9 cm³/mol. The van der Waals surface area contributed by atoms with Crippen LogP contribution in [0.1, 0.15) is 62.7 Å². The molecule has 0 radical (unpaired) electrons. The lowest BCUT2D eigenvalue weighted by molar-refractivity contribution is -0.00686. The quantitative estimate of drug-likeness (QED) is 0.714. The summed E-state index contributed by atoms with van der Waals surface area (Å²) in [4.78, 5) is 12.5. The van der Waals surface area contributed by atoms with Crippen LogP contribution in [-0.4, -0.2) is 11.4 Å². The second kappa shape index (κ2) is 5.75. The van der Waals surface area contributed by atoms with Crippen molar-refractivity contribution in [3.8, 4) is 5.75 Å². The van der Waals surface area contributed by atoms with Gasteiger partial charge in [-0.05, 0) is 55.7 Å². The van der Waals surface area contributed by atoms with Crippen LogP contribution in [0, 0.1) is 11.8 Å². The van der Waals surface area contributed by atoms with Crippen LogP contribution in [0.4, 0.5) is 0 Å². The molecule has 1 heterocycles. The van der Waals surface area contributed by atoms with Gasteiger partial charge in [0.2, 0.25) is 0 Å². The topological polar surface area (TPSA) is 26.3 Å². The minimum atomic E-state index is -0.240. The largest absolute Gasteiger partial charge is 0.486 e. The Bertz CT molecular complexity index is 552. The van der Waals surface area contributed by atoms with Crippen LogP contribution in [0.2, 0.25) is 0 Å². The summed E-state index contributed by atoms with van der Waals surface area (Å²) in [5.74, 6) is 2.43. The number of hydrogen-bond donors (Lipinski definition) is 0. The van der Waals surface area contributed by atoms with Gasteiger partial charge in [-0.15, -0.1) is 0 Å². The number of carbonyl (C=O) groups is 1. The average Bonchev–Trinajstić information content (AvgIpc) is 2.39. The van der Waals surface area contributed by atoms with Crippen LogP contribution in [0.3, 0.4) is 0 Å². The number of hydrogen-bond acceptors (Lipinski definition) is 2. The fourth-order valence-electron chi connectivity index (χ4n) is 4.03. The van der Waals surface area contributed by atoms with E-state index in [1.165, 1.54) is 19.3 Å². The Morgan fingerprint density at radius 1 is 1.43 bits per heavy atom. The smallest absolute Gasteiger partial charge is 0.170 e. The first kappa shape index (κ1) is 15.1. The molecule has 0 bridgehead atoms. The first-order chi connectivity index (χ1) is 9.97. The van der Waals surface area contributed by atoms with Crippen molar-refractivity contribution in [3.63, 3.8) is 0 Å². The van der Waals surface area contributed by atoms with E-state index < -0.39 is 0 Å². The second-order valence-electron chi connectivity index (χ2n) is 7.12. The van der Waals surface area contributed by atoms with Gasteiger partial charge < -0.3 is 4.74 Å². The fraction of sp³-hybridized carbons (Fsp3) is 0.611. The number of rotatable bonds is 2. The molecular weight excluding hydrogens is 328 g/mol. The summed E-state index contributed by atoms with van der Waals surface area (Å²) in [7, 11) is 0. The molecular formula is C18H23BrO2. The van der Waals surface area contributed by atoms with Gasteiger partial charge in [-0.25, -0.2) is 0 Å². The molecule has 1 aromatic carbocycles. The van der Waals surface area contributed by atoms with Gasteiger partial charge in [-0.1, -0.05) is 36.2 Å². The van der Waals surface area contributed by atoms with Gasteiger partial charge in [0.05, 0.1) is 12.0 Å². The molecule has 1 aromatic rings. The van der Waals surface area contributed by atoms with Crippen LogP contribution in [0.5, 0.6) is 5.75 Å². The van der Waals surface area contributed by atoms with Crippen LogP contribution < -0.4 is 4.74 Å². The lowest BCUT2D eigenvalue weighted by atomic mass is 9.71. The molecule has 0 N–H and O–H groups in total. The molecule has 114 valence electrons. The Kier molecular flexibility index (Phi) is 4.13.